The zero-order valence-corrected chi connectivity index (χ0v) is 14.0. The predicted molar refractivity (Wildman–Crippen MR) is 91.5 cm³/mol. The lowest BCUT2D eigenvalue weighted by molar-refractivity contribution is -0.0903. The van der Waals surface area contributed by atoms with Gasteiger partial charge in [-0.2, -0.15) is 0 Å². The minimum atomic E-state index is -0.422. The third kappa shape index (κ3) is 2.87. The summed E-state index contributed by atoms with van der Waals surface area (Å²) in [5.74, 6) is 0. The number of rotatable bonds is 2. The molecule has 1 saturated carbocycles. The normalized spacial score (nSPS) is 31.0. The first-order chi connectivity index (χ1) is 11.8. The van der Waals surface area contributed by atoms with Crippen molar-refractivity contribution >= 4 is 0 Å². The Hall–Kier alpha value is -1.72. The zero-order valence-electron chi connectivity index (χ0n) is 14.0. The molecule has 0 bridgehead atoms. The standard InChI is InChI=1S/C19H25N3O2/c23-18-17(9-6-11-19(18)10-4-5-12-24-14-19)22-13-16(20-21-22)15-7-2-1-3-8-15/h1-3,7-8,13,17-18,23H,4-6,9-12,14H2/t17-,18+,19+/m1/s1. The van der Waals surface area contributed by atoms with Gasteiger partial charge in [-0.25, -0.2) is 4.68 Å². The fourth-order valence-electron chi connectivity index (χ4n) is 4.29. The van der Waals surface area contributed by atoms with Gasteiger partial charge < -0.3 is 9.84 Å². The Kier molecular flexibility index (Phi) is 4.37. The first kappa shape index (κ1) is 15.8. The van der Waals surface area contributed by atoms with Crippen molar-refractivity contribution in [1.29, 1.82) is 0 Å². The number of nitrogens with zero attached hydrogens (tertiary/aromatic N) is 3. The molecule has 3 atom stereocenters. The van der Waals surface area contributed by atoms with Crippen LogP contribution in [0.2, 0.25) is 0 Å². The van der Waals surface area contributed by atoms with Gasteiger partial charge in [0, 0.05) is 17.6 Å². The fraction of sp³-hybridized carbons (Fsp3) is 0.579. The van der Waals surface area contributed by atoms with E-state index in [9.17, 15) is 5.11 Å². The molecule has 5 heteroatoms. The number of aliphatic hydroxyl groups excluding tert-OH is 1. The Bertz CT molecular complexity index is 662. The van der Waals surface area contributed by atoms with Crippen LogP contribution in [0, 0.1) is 5.41 Å². The molecule has 128 valence electrons. The van der Waals surface area contributed by atoms with E-state index in [1.54, 1.807) is 0 Å². The minimum absolute atomic E-state index is 0.00888. The highest BCUT2D eigenvalue weighted by Gasteiger charge is 2.46. The second kappa shape index (κ2) is 6.65. The molecule has 0 radical (unpaired) electrons. The molecule has 24 heavy (non-hydrogen) atoms. The number of hydrogen-bond acceptors (Lipinski definition) is 4. The molecule has 1 aromatic heterocycles. The monoisotopic (exact) mass is 327 g/mol. The van der Waals surface area contributed by atoms with Crippen LogP contribution in [0.4, 0.5) is 0 Å². The molecule has 1 aromatic carbocycles. The smallest absolute Gasteiger partial charge is 0.113 e. The summed E-state index contributed by atoms with van der Waals surface area (Å²) in [5, 5.41) is 19.8. The Balaban J connectivity index is 1.58. The number of hydrogen-bond donors (Lipinski definition) is 1. The minimum Gasteiger partial charge on any atom is -0.390 e. The summed E-state index contributed by atoms with van der Waals surface area (Å²) in [6, 6.07) is 10.1. The van der Waals surface area contributed by atoms with E-state index in [1.165, 1.54) is 0 Å². The summed E-state index contributed by atoms with van der Waals surface area (Å²) in [6.07, 6.45) is 7.92. The van der Waals surface area contributed by atoms with Crippen molar-refractivity contribution < 1.29 is 9.84 Å². The van der Waals surface area contributed by atoms with E-state index < -0.39 is 6.10 Å². The second-order valence-electron chi connectivity index (χ2n) is 7.23. The van der Waals surface area contributed by atoms with Gasteiger partial charge in [0.15, 0.2) is 0 Å². The summed E-state index contributed by atoms with van der Waals surface area (Å²) in [6.45, 7) is 1.49. The molecule has 2 aromatic rings. The van der Waals surface area contributed by atoms with Crippen LogP contribution in [0.1, 0.15) is 44.6 Å². The number of aromatic nitrogens is 3. The number of ether oxygens (including phenoxy) is 1. The van der Waals surface area contributed by atoms with Crippen molar-refractivity contribution in [3.05, 3.63) is 36.5 Å². The molecule has 2 heterocycles. The largest absolute Gasteiger partial charge is 0.390 e. The van der Waals surface area contributed by atoms with Gasteiger partial charge >= 0.3 is 0 Å². The lowest BCUT2D eigenvalue weighted by atomic mass is 9.67. The average Bonchev–Trinajstić information content (AvgIpc) is 2.99. The van der Waals surface area contributed by atoms with Crippen molar-refractivity contribution in [2.75, 3.05) is 13.2 Å². The van der Waals surface area contributed by atoms with E-state index in [4.69, 9.17) is 4.74 Å². The molecule has 1 aliphatic carbocycles. The summed E-state index contributed by atoms with van der Waals surface area (Å²) < 4.78 is 7.69. The molecule has 1 spiro atoms. The molecule has 2 aliphatic rings. The highest BCUT2D eigenvalue weighted by Crippen LogP contribution is 2.46. The van der Waals surface area contributed by atoms with Gasteiger partial charge in [-0.15, -0.1) is 5.10 Å². The van der Waals surface area contributed by atoms with Gasteiger partial charge in [0.25, 0.3) is 0 Å². The molecule has 0 amide bonds. The summed E-state index contributed by atoms with van der Waals surface area (Å²) >= 11 is 0. The molecule has 1 N–H and O–H groups in total. The first-order valence-corrected chi connectivity index (χ1v) is 9.02. The van der Waals surface area contributed by atoms with Crippen LogP contribution >= 0.6 is 0 Å². The van der Waals surface area contributed by atoms with Crippen LogP contribution in [0.3, 0.4) is 0 Å². The lowest BCUT2D eigenvalue weighted by Crippen LogP contribution is -2.47. The Morgan fingerprint density at radius 1 is 1.12 bits per heavy atom. The van der Waals surface area contributed by atoms with Crippen molar-refractivity contribution in [3.63, 3.8) is 0 Å². The maximum atomic E-state index is 11.1. The Labute approximate surface area is 142 Å². The van der Waals surface area contributed by atoms with Gasteiger partial charge in [0.05, 0.1) is 24.9 Å². The summed E-state index contributed by atoms with van der Waals surface area (Å²) in [4.78, 5) is 0. The quantitative estimate of drug-likeness (QED) is 0.920. The predicted octanol–water partition coefficient (Wildman–Crippen LogP) is 3.22. The summed E-state index contributed by atoms with van der Waals surface area (Å²) in [5.41, 5.74) is 1.80. The number of aliphatic hydroxyl groups is 1. The molecule has 4 rings (SSSR count). The first-order valence-electron chi connectivity index (χ1n) is 9.02. The van der Waals surface area contributed by atoms with E-state index in [2.05, 4.69) is 10.3 Å². The number of benzene rings is 1. The van der Waals surface area contributed by atoms with E-state index >= 15 is 0 Å². The fourth-order valence-corrected chi connectivity index (χ4v) is 4.29. The van der Waals surface area contributed by atoms with Crippen LogP contribution in [0.5, 0.6) is 0 Å². The van der Waals surface area contributed by atoms with Crippen LogP contribution < -0.4 is 0 Å². The van der Waals surface area contributed by atoms with Crippen molar-refractivity contribution in [2.45, 2.75) is 50.7 Å². The third-order valence-electron chi connectivity index (χ3n) is 5.69. The topological polar surface area (TPSA) is 60.2 Å². The van der Waals surface area contributed by atoms with Gasteiger partial charge in [0.1, 0.15) is 5.69 Å². The Morgan fingerprint density at radius 3 is 2.83 bits per heavy atom. The molecular formula is C19H25N3O2. The molecule has 1 saturated heterocycles. The molecule has 1 aliphatic heterocycles. The third-order valence-corrected chi connectivity index (χ3v) is 5.69. The van der Waals surface area contributed by atoms with Gasteiger partial charge in [-0.05, 0) is 25.7 Å². The van der Waals surface area contributed by atoms with E-state index in [0.717, 1.165) is 56.4 Å². The highest BCUT2D eigenvalue weighted by molar-refractivity contribution is 5.57. The van der Waals surface area contributed by atoms with E-state index in [-0.39, 0.29) is 11.5 Å². The maximum Gasteiger partial charge on any atom is 0.113 e. The van der Waals surface area contributed by atoms with Crippen molar-refractivity contribution in [2.24, 2.45) is 5.41 Å². The SMILES string of the molecule is O[C@H]1[C@H](n2cc(-c3ccccc3)nn2)CCC[C@]12CCCCOC2. The lowest BCUT2D eigenvalue weighted by Gasteiger charge is -2.44. The maximum absolute atomic E-state index is 11.1. The Morgan fingerprint density at radius 2 is 1.96 bits per heavy atom. The zero-order chi connectivity index (χ0) is 16.4. The molecule has 2 fully saturated rings. The molecular weight excluding hydrogens is 302 g/mol. The molecule has 0 unspecified atom stereocenters. The van der Waals surface area contributed by atoms with Gasteiger partial charge in [0.2, 0.25) is 0 Å². The molecule has 5 nitrogen and oxygen atoms in total. The van der Waals surface area contributed by atoms with Gasteiger partial charge in [-0.3, -0.25) is 0 Å². The van der Waals surface area contributed by atoms with E-state index in [1.807, 2.05) is 41.2 Å². The second-order valence-corrected chi connectivity index (χ2v) is 7.23. The summed E-state index contributed by atoms with van der Waals surface area (Å²) in [7, 11) is 0. The highest BCUT2D eigenvalue weighted by atomic mass is 16.5. The van der Waals surface area contributed by atoms with Crippen molar-refractivity contribution in [1.82, 2.24) is 15.0 Å². The van der Waals surface area contributed by atoms with Gasteiger partial charge in [-0.1, -0.05) is 48.4 Å². The van der Waals surface area contributed by atoms with Crippen molar-refractivity contribution in [3.8, 4) is 11.3 Å². The van der Waals surface area contributed by atoms with Crippen LogP contribution in [-0.4, -0.2) is 39.4 Å². The van der Waals surface area contributed by atoms with Crippen LogP contribution in [0.25, 0.3) is 11.3 Å². The average molecular weight is 327 g/mol. The van der Waals surface area contributed by atoms with E-state index in [0.29, 0.717) is 6.61 Å². The van der Waals surface area contributed by atoms with Crippen LogP contribution in [-0.2, 0) is 4.74 Å². The van der Waals surface area contributed by atoms with Crippen LogP contribution in [0.15, 0.2) is 36.5 Å².